The molecule has 2 aliphatic rings. The van der Waals surface area contributed by atoms with Gasteiger partial charge >= 0.3 is 0 Å². The van der Waals surface area contributed by atoms with Crippen LogP contribution in [0, 0.1) is 12.8 Å². The number of epoxide rings is 1. The van der Waals surface area contributed by atoms with Crippen LogP contribution < -0.4 is 0 Å². The number of aliphatic hydroxyl groups is 1. The maximum Gasteiger partial charge on any atom is 0.0845 e. The lowest BCUT2D eigenvalue weighted by Gasteiger charge is -2.23. The fourth-order valence-corrected chi connectivity index (χ4v) is 2.23. The van der Waals surface area contributed by atoms with E-state index < -0.39 is 0 Å². The largest absolute Gasteiger partial charge is 0.393 e. The molecule has 1 N–H and O–H groups in total. The topological polar surface area (TPSA) is 32.8 Å². The Labute approximate surface area is 73.9 Å². The minimum absolute atomic E-state index is 0.132. The lowest BCUT2D eigenvalue weighted by Crippen LogP contribution is -2.25. The van der Waals surface area contributed by atoms with E-state index in [1.54, 1.807) is 0 Å². The summed E-state index contributed by atoms with van der Waals surface area (Å²) in [7, 11) is 0. The number of ether oxygens (including phenoxy) is 1. The fraction of sp³-hybridized carbons (Fsp3) is 0.900. The van der Waals surface area contributed by atoms with Crippen LogP contribution in [0.4, 0.5) is 0 Å². The second-order valence-electron chi connectivity index (χ2n) is 4.00. The van der Waals surface area contributed by atoms with Gasteiger partial charge in [0.2, 0.25) is 0 Å². The smallest absolute Gasteiger partial charge is 0.0845 e. The predicted molar refractivity (Wildman–Crippen MR) is 46.6 cm³/mol. The van der Waals surface area contributed by atoms with Crippen LogP contribution in [-0.2, 0) is 4.74 Å². The molecular formula is C10H17O2. The summed E-state index contributed by atoms with van der Waals surface area (Å²) in [5.74, 6) is 0.482. The Morgan fingerprint density at radius 2 is 2.25 bits per heavy atom. The summed E-state index contributed by atoms with van der Waals surface area (Å²) in [6, 6.07) is 0. The van der Waals surface area contributed by atoms with Crippen molar-refractivity contribution in [3.8, 4) is 0 Å². The number of aliphatic hydroxyl groups excluding tert-OH is 1. The van der Waals surface area contributed by atoms with Crippen LogP contribution in [-0.4, -0.2) is 23.4 Å². The second kappa shape index (κ2) is 3.35. The van der Waals surface area contributed by atoms with Crippen LogP contribution in [0.2, 0.25) is 0 Å². The van der Waals surface area contributed by atoms with Gasteiger partial charge in [-0.3, -0.25) is 0 Å². The van der Waals surface area contributed by atoms with Crippen LogP contribution in [0.3, 0.4) is 0 Å². The third-order valence-electron chi connectivity index (χ3n) is 3.09. The molecule has 1 aliphatic carbocycles. The van der Waals surface area contributed by atoms with Gasteiger partial charge in [0.05, 0.1) is 18.3 Å². The van der Waals surface area contributed by atoms with Crippen molar-refractivity contribution in [1.29, 1.82) is 0 Å². The average molecular weight is 169 g/mol. The van der Waals surface area contributed by atoms with Crippen molar-refractivity contribution in [3.05, 3.63) is 6.92 Å². The zero-order valence-electron chi connectivity index (χ0n) is 7.41. The van der Waals surface area contributed by atoms with Gasteiger partial charge in [0, 0.05) is 0 Å². The van der Waals surface area contributed by atoms with Crippen LogP contribution in [0.15, 0.2) is 0 Å². The van der Waals surface area contributed by atoms with Crippen LogP contribution >= 0.6 is 0 Å². The standard InChI is InChI=1S/C10H17O2/c1-2-3-8(11)7-4-5-9-10(6-7)12-9/h7-11H,1-6H2. The van der Waals surface area contributed by atoms with E-state index in [0.717, 1.165) is 32.1 Å². The first-order chi connectivity index (χ1) is 5.81. The molecule has 0 spiro atoms. The van der Waals surface area contributed by atoms with Crippen LogP contribution in [0.1, 0.15) is 32.1 Å². The molecule has 4 atom stereocenters. The van der Waals surface area contributed by atoms with Crippen LogP contribution in [0.5, 0.6) is 0 Å². The van der Waals surface area contributed by atoms with E-state index >= 15 is 0 Å². The summed E-state index contributed by atoms with van der Waals surface area (Å²) in [4.78, 5) is 0. The van der Waals surface area contributed by atoms with Crippen molar-refractivity contribution in [3.63, 3.8) is 0 Å². The second-order valence-corrected chi connectivity index (χ2v) is 4.00. The molecular weight excluding hydrogens is 152 g/mol. The number of hydrogen-bond acceptors (Lipinski definition) is 2. The molecule has 0 aromatic rings. The quantitative estimate of drug-likeness (QED) is 0.650. The van der Waals surface area contributed by atoms with Gasteiger partial charge in [0.25, 0.3) is 0 Å². The molecule has 12 heavy (non-hydrogen) atoms. The van der Waals surface area contributed by atoms with Crippen molar-refractivity contribution in [2.75, 3.05) is 0 Å². The zero-order chi connectivity index (χ0) is 8.55. The van der Waals surface area contributed by atoms with Gasteiger partial charge in [-0.1, -0.05) is 13.3 Å². The van der Waals surface area contributed by atoms with Gasteiger partial charge in [0.15, 0.2) is 0 Å². The monoisotopic (exact) mass is 169 g/mol. The molecule has 0 bridgehead atoms. The van der Waals surface area contributed by atoms with E-state index in [2.05, 4.69) is 6.92 Å². The summed E-state index contributed by atoms with van der Waals surface area (Å²) in [6.45, 7) is 3.76. The maximum absolute atomic E-state index is 9.71. The zero-order valence-corrected chi connectivity index (χ0v) is 7.41. The third-order valence-corrected chi connectivity index (χ3v) is 3.09. The van der Waals surface area contributed by atoms with Gasteiger partial charge in [-0.15, -0.1) is 0 Å². The van der Waals surface area contributed by atoms with Crippen molar-refractivity contribution in [1.82, 2.24) is 0 Å². The molecule has 69 valence electrons. The Kier molecular flexibility index (Phi) is 2.37. The van der Waals surface area contributed by atoms with Crippen molar-refractivity contribution >= 4 is 0 Å². The average Bonchev–Trinajstić information content (AvgIpc) is 2.81. The molecule has 2 fully saturated rings. The van der Waals surface area contributed by atoms with Gasteiger partial charge in [0.1, 0.15) is 0 Å². The Hall–Kier alpha value is -0.0800. The summed E-state index contributed by atoms with van der Waals surface area (Å²) in [6.07, 6.45) is 5.97. The summed E-state index contributed by atoms with van der Waals surface area (Å²) in [5.41, 5.74) is 0. The van der Waals surface area contributed by atoms with Gasteiger partial charge in [-0.05, 0) is 31.6 Å². The molecule has 0 aromatic heterocycles. The molecule has 2 rings (SSSR count). The predicted octanol–water partition coefficient (Wildman–Crippen LogP) is 1.53. The minimum atomic E-state index is -0.132. The Balaban J connectivity index is 1.79. The molecule has 1 saturated heterocycles. The molecule has 1 aliphatic heterocycles. The maximum atomic E-state index is 9.71. The van der Waals surface area contributed by atoms with E-state index in [-0.39, 0.29) is 6.10 Å². The van der Waals surface area contributed by atoms with Gasteiger partial charge in [-0.2, -0.15) is 0 Å². The molecule has 0 aromatic carbocycles. The number of rotatable bonds is 3. The summed E-state index contributed by atoms with van der Waals surface area (Å²) in [5, 5.41) is 9.71. The van der Waals surface area contributed by atoms with Gasteiger partial charge < -0.3 is 9.84 Å². The molecule has 4 unspecified atom stereocenters. The van der Waals surface area contributed by atoms with E-state index in [0.29, 0.717) is 18.1 Å². The fourth-order valence-electron chi connectivity index (χ4n) is 2.23. The molecule has 2 heteroatoms. The van der Waals surface area contributed by atoms with Crippen molar-refractivity contribution in [2.24, 2.45) is 5.92 Å². The van der Waals surface area contributed by atoms with Crippen molar-refractivity contribution < 1.29 is 9.84 Å². The number of fused-ring (bicyclic) bond motifs is 1. The Bertz CT molecular complexity index is 158. The van der Waals surface area contributed by atoms with E-state index in [9.17, 15) is 5.11 Å². The Morgan fingerprint density at radius 1 is 1.42 bits per heavy atom. The van der Waals surface area contributed by atoms with Crippen molar-refractivity contribution in [2.45, 2.75) is 50.4 Å². The molecule has 1 saturated carbocycles. The summed E-state index contributed by atoms with van der Waals surface area (Å²) >= 11 is 0. The SMILES string of the molecule is [CH2]CCC(O)C1CCC2OC2C1. The molecule has 0 amide bonds. The lowest BCUT2D eigenvalue weighted by molar-refractivity contribution is 0.0821. The normalized spacial score (nSPS) is 42.0. The molecule has 2 nitrogen and oxygen atoms in total. The summed E-state index contributed by atoms with van der Waals surface area (Å²) < 4.78 is 5.41. The third kappa shape index (κ3) is 1.64. The Morgan fingerprint density at radius 3 is 2.92 bits per heavy atom. The highest BCUT2D eigenvalue weighted by Crippen LogP contribution is 2.41. The molecule has 1 radical (unpaired) electrons. The lowest BCUT2D eigenvalue weighted by atomic mass is 9.84. The van der Waals surface area contributed by atoms with Gasteiger partial charge in [-0.25, -0.2) is 0 Å². The minimum Gasteiger partial charge on any atom is -0.393 e. The van der Waals surface area contributed by atoms with E-state index in [1.807, 2.05) is 0 Å². The highest BCUT2D eigenvalue weighted by molar-refractivity contribution is 4.93. The first-order valence-electron chi connectivity index (χ1n) is 4.94. The van der Waals surface area contributed by atoms with Crippen LogP contribution in [0.25, 0.3) is 0 Å². The van der Waals surface area contributed by atoms with E-state index in [4.69, 9.17) is 4.74 Å². The number of hydrogen-bond donors (Lipinski definition) is 1. The highest BCUT2D eigenvalue weighted by Gasteiger charge is 2.45. The first-order valence-corrected chi connectivity index (χ1v) is 4.94. The van der Waals surface area contributed by atoms with E-state index in [1.165, 1.54) is 0 Å². The highest BCUT2D eigenvalue weighted by atomic mass is 16.6. The molecule has 1 heterocycles. The first kappa shape index (κ1) is 8.52.